The number of hydrogen-bond acceptors (Lipinski definition) is 13. The molecule has 4 aromatic carbocycles. The SMILES string of the molecule is COc1ccc(C=O)c(OCC(=O)O)c1.COc1ccc(CC2=C(c3ccc4nsnc4c3)C(=O)OC2(O)c2ccccc2)c(OCC(=O)O)c1. The number of aromatic nitrogens is 2. The number of aliphatic carboxylic acids is 2. The summed E-state index contributed by atoms with van der Waals surface area (Å²) in [4.78, 5) is 45.3. The van der Waals surface area contributed by atoms with Crippen molar-refractivity contribution in [3.63, 3.8) is 0 Å². The number of hydrogen-bond donors (Lipinski definition) is 3. The standard InChI is InChI=1S/C26H20N2O7S.C10H10O5/c1-33-18-9-7-15(22(13-18)34-14-23(29)30)11-19-24(16-8-10-20-21(12-16)28-36-27-20)25(31)35-26(19,32)17-5-3-2-4-6-17;1-14-8-3-2-7(5-11)9(4-8)15-6-10(12)13/h2-10,12-13,32H,11,14H2,1H3,(H,29,30);2-5H,6H2,1H3,(H,12,13). The van der Waals surface area contributed by atoms with Gasteiger partial charge in [0.15, 0.2) is 19.5 Å². The molecule has 1 atom stereocenters. The van der Waals surface area contributed by atoms with Gasteiger partial charge in [-0.05, 0) is 41.5 Å². The highest BCUT2D eigenvalue weighted by Gasteiger charge is 2.48. The smallest absolute Gasteiger partial charge is 0.342 e. The summed E-state index contributed by atoms with van der Waals surface area (Å²) in [6.45, 7) is -1.06. The minimum atomic E-state index is -2.05. The predicted octanol–water partition coefficient (Wildman–Crippen LogP) is 4.53. The highest BCUT2D eigenvalue weighted by molar-refractivity contribution is 7.00. The molecule has 0 spiro atoms. The number of nitrogens with zero attached hydrogens (tertiary/aromatic N) is 2. The minimum absolute atomic E-state index is 0.0266. The maximum atomic E-state index is 13.2. The molecule has 0 radical (unpaired) electrons. The Bertz CT molecular complexity index is 2110. The lowest BCUT2D eigenvalue weighted by atomic mass is 9.87. The normalized spacial score (nSPS) is 15.0. The fourth-order valence-corrected chi connectivity index (χ4v) is 5.67. The van der Waals surface area contributed by atoms with Crippen molar-refractivity contribution in [3.8, 4) is 23.0 Å². The van der Waals surface area contributed by atoms with Gasteiger partial charge in [-0.25, -0.2) is 14.4 Å². The van der Waals surface area contributed by atoms with Crippen molar-refractivity contribution < 1.29 is 58.2 Å². The molecule has 14 nitrogen and oxygen atoms in total. The van der Waals surface area contributed by atoms with Gasteiger partial charge in [-0.1, -0.05) is 42.5 Å². The molecule has 0 bridgehead atoms. The maximum Gasteiger partial charge on any atom is 0.342 e. The van der Waals surface area contributed by atoms with Crippen molar-refractivity contribution in [1.29, 1.82) is 0 Å². The Kier molecular flexibility index (Phi) is 11.2. The second kappa shape index (κ2) is 15.9. The number of carboxylic acids is 2. The highest BCUT2D eigenvalue weighted by Crippen LogP contribution is 2.46. The third kappa shape index (κ3) is 8.29. The topological polar surface area (TPSA) is 201 Å². The molecule has 51 heavy (non-hydrogen) atoms. The lowest BCUT2D eigenvalue weighted by Gasteiger charge is -2.26. The van der Waals surface area contributed by atoms with Crippen LogP contribution in [0.15, 0.2) is 90.5 Å². The Hall–Kier alpha value is -6.32. The molecule has 15 heteroatoms. The summed E-state index contributed by atoms with van der Waals surface area (Å²) in [7, 11) is 2.95. The van der Waals surface area contributed by atoms with Gasteiger partial charge in [0, 0.05) is 29.7 Å². The van der Waals surface area contributed by atoms with E-state index in [0.717, 1.165) is 11.7 Å². The van der Waals surface area contributed by atoms with Gasteiger partial charge in [0.1, 0.15) is 34.0 Å². The fourth-order valence-electron chi connectivity index (χ4n) is 5.15. The summed E-state index contributed by atoms with van der Waals surface area (Å²) in [6.07, 6.45) is 0.620. The van der Waals surface area contributed by atoms with Gasteiger partial charge < -0.3 is 39.0 Å². The van der Waals surface area contributed by atoms with Crippen LogP contribution in [0, 0.1) is 0 Å². The van der Waals surface area contributed by atoms with Gasteiger partial charge >= 0.3 is 17.9 Å². The van der Waals surface area contributed by atoms with E-state index in [1.54, 1.807) is 72.8 Å². The van der Waals surface area contributed by atoms with Crippen molar-refractivity contribution >= 4 is 52.5 Å². The number of fused-ring (bicyclic) bond motifs is 1. The Labute approximate surface area is 294 Å². The molecule has 0 saturated heterocycles. The van der Waals surface area contributed by atoms with E-state index in [4.69, 9.17) is 33.9 Å². The molecule has 1 aromatic heterocycles. The Morgan fingerprint density at radius 2 is 1.45 bits per heavy atom. The van der Waals surface area contributed by atoms with E-state index >= 15 is 0 Å². The summed E-state index contributed by atoms with van der Waals surface area (Å²) in [5, 5.41) is 29.3. The molecule has 262 valence electrons. The summed E-state index contributed by atoms with van der Waals surface area (Å²) < 4.78 is 34.7. The number of carboxylic acid groups (broad SMARTS) is 2. The number of aldehydes is 1. The van der Waals surface area contributed by atoms with Gasteiger partial charge in [0.05, 0.1) is 37.1 Å². The summed E-state index contributed by atoms with van der Waals surface area (Å²) in [6, 6.07) is 23.3. The van der Waals surface area contributed by atoms with E-state index < -0.39 is 36.9 Å². The second-order valence-corrected chi connectivity index (χ2v) is 11.3. The van der Waals surface area contributed by atoms with Crippen molar-refractivity contribution in [2.24, 2.45) is 0 Å². The number of rotatable bonds is 13. The third-order valence-corrected chi connectivity index (χ3v) is 8.11. The number of carbonyl (C=O) groups is 4. The molecular formula is C36H30N2O12S. The first-order chi connectivity index (χ1) is 24.6. The van der Waals surface area contributed by atoms with Gasteiger partial charge in [0.2, 0.25) is 0 Å². The predicted molar refractivity (Wildman–Crippen MR) is 182 cm³/mol. The fraction of sp³-hybridized carbons (Fsp3) is 0.167. The molecule has 3 N–H and O–H groups in total. The molecular weight excluding hydrogens is 684 g/mol. The Balaban J connectivity index is 0.000000283. The van der Waals surface area contributed by atoms with E-state index in [1.807, 2.05) is 0 Å². The molecule has 0 aliphatic carbocycles. The van der Waals surface area contributed by atoms with Crippen LogP contribution in [0.2, 0.25) is 0 Å². The van der Waals surface area contributed by atoms with Crippen LogP contribution in [0.1, 0.15) is 27.0 Å². The number of carbonyl (C=O) groups excluding carboxylic acids is 2. The lowest BCUT2D eigenvalue weighted by molar-refractivity contribution is -0.185. The van der Waals surface area contributed by atoms with Crippen molar-refractivity contribution in [1.82, 2.24) is 8.75 Å². The first-order valence-corrected chi connectivity index (χ1v) is 15.8. The molecule has 2 heterocycles. The average molecular weight is 715 g/mol. The molecule has 1 unspecified atom stereocenters. The van der Waals surface area contributed by atoms with Crippen LogP contribution in [0.25, 0.3) is 16.6 Å². The zero-order valence-electron chi connectivity index (χ0n) is 27.1. The van der Waals surface area contributed by atoms with Crippen LogP contribution >= 0.6 is 11.7 Å². The first kappa shape index (κ1) is 36.0. The summed E-state index contributed by atoms with van der Waals surface area (Å²) in [5.74, 6) is -3.58. The van der Waals surface area contributed by atoms with Crippen LogP contribution in [0.4, 0.5) is 0 Å². The van der Waals surface area contributed by atoms with Crippen molar-refractivity contribution in [3.05, 3.63) is 113 Å². The minimum Gasteiger partial charge on any atom is -0.497 e. The van der Waals surface area contributed by atoms with E-state index in [0.29, 0.717) is 45.5 Å². The Morgan fingerprint density at radius 1 is 0.824 bits per heavy atom. The van der Waals surface area contributed by atoms with Crippen molar-refractivity contribution in [2.45, 2.75) is 12.2 Å². The maximum absolute atomic E-state index is 13.2. The van der Waals surface area contributed by atoms with Crippen LogP contribution in [0.3, 0.4) is 0 Å². The summed E-state index contributed by atoms with van der Waals surface area (Å²) >= 11 is 1.06. The average Bonchev–Trinajstić information content (AvgIpc) is 3.71. The molecule has 1 aliphatic rings. The Morgan fingerprint density at radius 3 is 2.10 bits per heavy atom. The molecule has 0 saturated carbocycles. The van der Waals surface area contributed by atoms with Crippen molar-refractivity contribution in [2.75, 3.05) is 27.4 Å². The molecule has 0 amide bonds. The number of ether oxygens (including phenoxy) is 5. The molecule has 5 aromatic rings. The van der Waals surface area contributed by atoms with Crippen LogP contribution in [0.5, 0.6) is 23.0 Å². The van der Waals surface area contributed by atoms with E-state index in [-0.39, 0.29) is 34.6 Å². The molecule has 0 fully saturated rings. The van der Waals surface area contributed by atoms with Gasteiger partial charge in [-0.2, -0.15) is 8.75 Å². The zero-order valence-corrected chi connectivity index (χ0v) is 27.9. The molecule has 6 rings (SSSR count). The monoisotopic (exact) mass is 714 g/mol. The van der Waals surface area contributed by atoms with Gasteiger partial charge in [0.25, 0.3) is 5.79 Å². The first-order valence-electron chi connectivity index (χ1n) is 15.0. The number of aliphatic hydroxyl groups is 1. The van der Waals surface area contributed by atoms with Crippen LogP contribution < -0.4 is 18.9 Å². The third-order valence-electron chi connectivity index (χ3n) is 7.55. The number of benzene rings is 4. The van der Waals surface area contributed by atoms with Gasteiger partial charge in [-0.3, -0.25) is 4.79 Å². The second-order valence-electron chi connectivity index (χ2n) is 10.8. The number of esters is 1. The zero-order chi connectivity index (χ0) is 36.5. The van der Waals surface area contributed by atoms with Crippen LogP contribution in [-0.2, 0) is 31.3 Å². The van der Waals surface area contributed by atoms with E-state index in [1.165, 1.54) is 26.4 Å². The quantitative estimate of drug-likeness (QED) is 0.113. The van der Waals surface area contributed by atoms with E-state index in [2.05, 4.69) is 8.75 Å². The van der Waals surface area contributed by atoms with Crippen LogP contribution in [-0.4, -0.2) is 75.7 Å². The van der Waals surface area contributed by atoms with E-state index in [9.17, 15) is 24.3 Å². The number of methoxy groups -OCH3 is 2. The molecule has 1 aliphatic heterocycles. The number of cyclic esters (lactones) is 1. The lowest BCUT2D eigenvalue weighted by Crippen LogP contribution is -2.29. The summed E-state index contributed by atoms with van der Waals surface area (Å²) in [5.41, 5.74) is 3.50. The highest BCUT2D eigenvalue weighted by atomic mass is 32.1. The largest absolute Gasteiger partial charge is 0.497 e. The van der Waals surface area contributed by atoms with Gasteiger partial charge in [-0.15, -0.1) is 0 Å².